The van der Waals surface area contributed by atoms with E-state index in [-0.39, 0.29) is 6.04 Å². The molecule has 1 heterocycles. The molecule has 0 bridgehead atoms. The van der Waals surface area contributed by atoms with Crippen LogP contribution in [0.2, 0.25) is 0 Å². The van der Waals surface area contributed by atoms with Gasteiger partial charge in [-0.1, -0.05) is 22.9 Å². The number of hydrogen-bond acceptors (Lipinski definition) is 5. The molecule has 2 rings (SSSR count). The molecular weight excluding hydrogens is 310 g/mol. The second-order valence-electron chi connectivity index (χ2n) is 4.20. The van der Waals surface area contributed by atoms with Crippen LogP contribution >= 0.6 is 15.9 Å². The second-order valence-corrected chi connectivity index (χ2v) is 5.06. The number of halogens is 1. The lowest BCUT2D eigenvalue weighted by atomic mass is 10.1. The largest absolute Gasteiger partial charge is 0.399 e. The highest BCUT2D eigenvalue weighted by Crippen LogP contribution is 2.30. The van der Waals surface area contributed by atoms with Crippen LogP contribution in [0, 0.1) is 0 Å². The van der Waals surface area contributed by atoms with Crippen LogP contribution in [0.1, 0.15) is 19.4 Å². The van der Waals surface area contributed by atoms with Crippen LogP contribution in [0.25, 0.3) is 11.4 Å². The lowest BCUT2D eigenvalue weighted by Crippen LogP contribution is -2.16. The van der Waals surface area contributed by atoms with E-state index in [2.05, 4.69) is 38.4 Å². The lowest BCUT2D eigenvalue weighted by molar-refractivity contribution is 0.147. The fourth-order valence-electron chi connectivity index (χ4n) is 1.88. The fourth-order valence-corrected chi connectivity index (χ4v) is 2.31. The molecule has 1 aromatic carbocycles. The van der Waals surface area contributed by atoms with E-state index >= 15 is 0 Å². The first-order valence-corrected chi connectivity index (χ1v) is 6.78. The van der Waals surface area contributed by atoms with Gasteiger partial charge in [0.05, 0.1) is 12.6 Å². The van der Waals surface area contributed by atoms with Crippen molar-refractivity contribution in [1.82, 2.24) is 20.2 Å². The summed E-state index contributed by atoms with van der Waals surface area (Å²) in [5.74, 6) is 0.683. The minimum Gasteiger partial charge on any atom is -0.399 e. The van der Waals surface area contributed by atoms with Gasteiger partial charge in [-0.3, -0.25) is 0 Å². The predicted octanol–water partition coefficient (Wildman–Crippen LogP) is 2.28. The van der Waals surface area contributed by atoms with Gasteiger partial charge in [-0.2, -0.15) is 0 Å². The van der Waals surface area contributed by atoms with Crippen molar-refractivity contribution in [1.29, 1.82) is 0 Å². The van der Waals surface area contributed by atoms with E-state index in [0.29, 0.717) is 18.1 Å². The quantitative estimate of drug-likeness (QED) is 0.853. The van der Waals surface area contributed by atoms with Crippen molar-refractivity contribution in [2.24, 2.45) is 0 Å². The summed E-state index contributed by atoms with van der Waals surface area (Å²) in [4.78, 5) is 0. The van der Waals surface area contributed by atoms with Crippen molar-refractivity contribution >= 4 is 21.6 Å². The van der Waals surface area contributed by atoms with E-state index in [9.17, 15) is 0 Å². The molecule has 0 radical (unpaired) electrons. The molecule has 2 N–H and O–H groups in total. The Hall–Kier alpha value is -1.47. The maximum Gasteiger partial charge on any atom is 0.183 e. The highest BCUT2D eigenvalue weighted by Gasteiger charge is 2.18. The number of nitrogen functional groups attached to an aromatic ring is 1. The highest BCUT2D eigenvalue weighted by molar-refractivity contribution is 9.10. The van der Waals surface area contributed by atoms with Crippen LogP contribution in [0.15, 0.2) is 22.7 Å². The highest BCUT2D eigenvalue weighted by atomic mass is 79.9. The van der Waals surface area contributed by atoms with Crippen LogP contribution < -0.4 is 5.73 Å². The number of nitrogens with two attached hydrogens (primary N) is 1. The van der Waals surface area contributed by atoms with Gasteiger partial charge in [0.2, 0.25) is 0 Å². The fraction of sp³-hybridized carbons (Fsp3) is 0.417. The summed E-state index contributed by atoms with van der Waals surface area (Å²) in [6, 6.07) is 5.67. The van der Waals surface area contributed by atoms with Crippen LogP contribution in [-0.2, 0) is 4.74 Å². The number of tetrazole rings is 1. The third-order valence-corrected chi connectivity index (χ3v) is 3.59. The summed E-state index contributed by atoms with van der Waals surface area (Å²) >= 11 is 3.50. The maximum atomic E-state index is 5.83. The molecule has 0 amide bonds. The SMILES string of the molecule is CCC(COC)n1nnnc1-c1cc(N)ccc1Br. The van der Waals surface area contributed by atoms with Crippen molar-refractivity contribution in [2.45, 2.75) is 19.4 Å². The average Bonchev–Trinajstić information content (AvgIpc) is 2.87. The number of nitrogens with zero attached hydrogens (tertiary/aromatic N) is 4. The molecule has 0 saturated heterocycles. The minimum atomic E-state index is 0.100. The van der Waals surface area contributed by atoms with E-state index in [4.69, 9.17) is 10.5 Å². The first-order valence-electron chi connectivity index (χ1n) is 5.99. The lowest BCUT2D eigenvalue weighted by Gasteiger charge is -2.16. The molecule has 1 atom stereocenters. The zero-order valence-electron chi connectivity index (χ0n) is 10.9. The zero-order valence-corrected chi connectivity index (χ0v) is 12.5. The van der Waals surface area contributed by atoms with E-state index in [1.807, 2.05) is 18.2 Å². The molecule has 2 aromatic rings. The number of anilines is 1. The van der Waals surface area contributed by atoms with Gasteiger partial charge in [-0.05, 0) is 35.0 Å². The van der Waals surface area contributed by atoms with Crippen molar-refractivity contribution in [2.75, 3.05) is 19.5 Å². The van der Waals surface area contributed by atoms with Crippen molar-refractivity contribution in [3.63, 3.8) is 0 Å². The maximum absolute atomic E-state index is 5.83. The molecule has 0 aliphatic rings. The first kappa shape index (κ1) is 14.0. The summed E-state index contributed by atoms with van der Waals surface area (Å²) in [5, 5.41) is 11.9. The molecule has 1 aromatic heterocycles. The minimum absolute atomic E-state index is 0.100. The Labute approximate surface area is 120 Å². The Kier molecular flexibility index (Phi) is 4.49. The van der Waals surface area contributed by atoms with Gasteiger partial charge < -0.3 is 10.5 Å². The summed E-state index contributed by atoms with van der Waals surface area (Å²) in [6.07, 6.45) is 0.881. The summed E-state index contributed by atoms with van der Waals surface area (Å²) in [5.41, 5.74) is 7.38. The van der Waals surface area contributed by atoms with Crippen molar-refractivity contribution in [3.05, 3.63) is 22.7 Å². The first-order chi connectivity index (χ1) is 9.17. The Morgan fingerprint density at radius 2 is 2.26 bits per heavy atom. The number of aromatic nitrogens is 4. The molecule has 0 spiro atoms. The number of hydrogen-bond donors (Lipinski definition) is 1. The molecule has 1 unspecified atom stereocenters. The molecule has 6 nitrogen and oxygen atoms in total. The monoisotopic (exact) mass is 325 g/mol. The molecule has 0 saturated carbocycles. The zero-order chi connectivity index (χ0) is 13.8. The van der Waals surface area contributed by atoms with Crippen LogP contribution in [0.5, 0.6) is 0 Å². The van der Waals surface area contributed by atoms with Crippen LogP contribution in [0.3, 0.4) is 0 Å². The predicted molar refractivity (Wildman–Crippen MR) is 76.6 cm³/mol. The second kappa shape index (κ2) is 6.12. The molecule has 0 aliphatic carbocycles. The van der Waals surface area contributed by atoms with Crippen LogP contribution in [-0.4, -0.2) is 33.9 Å². The Morgan fingerprint density at radius 1 is 1.47 bits per heavy atom. The van der Waals surface area contributed by atoms with Gasteiger partial charge in [-0.25, -0.2) is 4.68 Å². The van der Waals surface area contributed by atoms with Gasteiger partial charge in [0.1, 0.15) is 0 Å². The molecule has 0 fully saturated rings. The van der Waals surface area contributed by atoms with Gasteiger partial charge in [-0.15, -0.1) is 5.10 Å². The Balaban J connectivity index is 2.46. The van der Waals surface area contributed by atoms with Crippen molar-refractivity contribution < 1.29 is 4.74 Å². The molecular formula is C12H16BrN5O. The molecule has 19 heavy (non-hydrogen) atoms. The number of ether oxygens (including phenoxy) is 1. The third kappa shape index (κ3) is 2.93. The Bertz CT molecular complexity index is 557. The summed E-state index contributed by atoms with van der Waals surface area (Å²) in [7, 11) is 1.67. The van der Waals surface area contributed by atoms with E-state index in [1.165, 1.54) is 0 Å². The van der Waals surface area contributed by atoms with Gasteiger partial charge in [0, 0.05) is 22.8 Å². The molecule has 7 heteroatoms. The number of rotatable bonds is 5. The van der Waals surface area contributed by atoms with E-state index < -0.39 is 0 Å². The Morgan fingerprint density at radius 3 is 2.95 bits per heavy atom. The summed E-state index contributed by atoms with van der Waals surface area (Å²) in [6.45, 7) is 2.64. The third-order valence-electron chi connectivity index (χ3n) is 2.90. The topological polar surface area (TPSA) is 78.8 Å². The van der Waals surface area contributed by atoms with Crippen LogP contribution in [0.4, 0.5) is 5.69 Å². The van der Waals surface area contributed by atoms with Gasteiger partial charge >= 0.3 is 0 Å². The van der Waals surface area contributed by atoms with Gasteiger partial charge in [0.15, 0.2) is 5.82 Å². The van der Waals surface area contributed by atoms with E-state index in [1.54, 1.807) is 11.8 Å². The van der Waals surface area contributed by atoms with Crippen molar-refractivity contribution in [3.8, 4) is 11.4 Å². The van der Waals surface area contributed by atoms with E-state index in [0.717, 1.165) is 16.5 Å². The number of methoxy groups -OCH3 is 1. The number of benzene rings is 1. The molecule has 102 valence electrons. The average molecular weight is 326 g/mol. The smallest absolute Gasteiger partial charge is 0.183 e. The van der Waals surface area contributed by atoms with Gasteiger partial charge in [0.25, 0.3) is 0 Å². The standard InChI is InChI=1S/C12H16BrN5O/c1-3-9(7-19-2)18-12(15-16-17-18)10-6-8(14)4-5-11(10)13/h4-6,9H,3,7,14H2,1-2H3. The normalized spacial score (nSPS) is 12.6. The summed E-state index contributed by atoms with van der Waals surface area (Å²) < 4.78 is 7.90. The molecule has 0 aliphatic heterocycles.